The number of aliphatic carboxylic acids is 1. The van der Waals surface area contributed by atoms with E-state index < -0.39 is 46.6 Å². The first-order valence-electron chi connectivity index (χ1n) is 13.1. The molecule has 0 saturated heterocycles. The number of benzene rings is 3. The summed E-state index contributed by atoms with van der Waals surface area (Å²) in [6.07, 6.45) is -4.24. The second kappa shape index (κ2) is 13.4. The summed E-state index contributed by atoms with van der Waals surface area (Å²) in [6, 6.07) is 11.2. The first kappa shape index (κ1) is 31.9. The Morgan fingerprint density at radius 1 is 1.00 bits per heavy atom. The normalized spacial score (nSPS) is 12.3. The average molecular weight is 594 g/mol. The van der Waals surface area contributed by atoms with Gasteiger partial charge in [0.15, 0.2) is 0 Å². The molecule has 5 nitrogen and oxygen atoms in total. The maximum Gasteiger partial charge on any atom is 0.416 e. The highest BCUT2D eigenvalue weighted by atomic mass is 35.5. The van der Waals surface area contributed by atoms with Crippen molar-refractivity contribution in [3.05, 3.63) is 98.3 Å². The summed E-state index contributed by atoms with van der Waals surface area (Å²) in [5.41, 5.74) is 2.11. The van der Waals surface area contributed by atoms with E-state index in [4.69, 9.17) is 16.3 Å². The van der Waals surface area contributed by atoms with E-state index >= 15 is 0 Å². The van der Waals surface area contributed by atoms with Gasteiger partial charge in [0.05, 0.1) is 16.6 Å². The van der Waals surface area contributed by atoms with Crippen LogP contribution in [0.1, 0.15) is 76.5 Å². The molecule has 0 aromatic heterocycles. The number of alkyl halides is 3. The highest BCUT2D eigenvalue weighted by Gasteiger charge is 2.32. The van der Waals surface area contributed by atoms with Crippen molar-refractivity contribution in [1.82, 2.24) is 5.32 Å². The lowest BCUT2D eigenvalue weighted by molar-refractivity contribution is -0.138. The zero-order valence-electron chi connectivity index (χ0n) is 23.2. The average Bonchev–Trinajstić information content (AvgIpc) is 2.86. The minimum Gasteiger partial charge on any atom is -0.489 e. The predicted octanol–water partition coefficient (Wildman–Crippen LogP) is 8.23. The molecule has 0 bridgehead atoms. The molecule has 3 aromatic carbocycles. The van der Waals surface area contributed by atoms with Gasteiger partial charge in [0.25, 0.3) is 5.91 Å². The number of ether oxygens (including phenoxy) is 1. The summed E-state index contributed by atoms with van der Waals surface area (Å²) < 4.78 is 59.7. The molecule has 0 aliphatic carbocycles. The topological polar surface area (TPSA) is 75.6 Å². The first-order chi connectivity index (χ1) is 19.1. The third-order valence-corrected chi connectivity index (χ3v) is 6.69. The zero-order chi connectivity index (χ0) is 30.5. The summed E-state index contributed by atoms with van der Waals surface area (Å²) in [6.45, 7) is 7.43. The molecule has 0 heterocycles. The van der Waals surface area contributed by atoms with Crippen LogP contribution in [0.15, 0.2) is 48.5 Å². The fourth-order valence-corrected chi connectivity index (χ4v) is 4.83. The van der Waals surface area contributed by atoms with Gasteiger partial charge in [0.2, 0.25) is 0 Å². The van der Waals surface area contributed by atoms with E-state index in [1.165, 1.54) is 18.2 Å². The minimum atomic E-state index is -4.73. The summed E-state index contributed by atoms with van der Waals surface area (Å²) >= 11 is 5.68. The molecule has 220 valence electrons. The molecule has 10 heteroatoms. The number of nitrogens with one attached hydrogen (secondary N) is 1. The molecule has 3 rings (SSSR count). The number of hydrogen-bond acceptors (Lipinski definition) is 3. The molecule has 0 radical (unpaired) electrons. The molecule has 2 N–H and O–H groups in total. The van der Waals surface area contributed by atoms with Crippen LogP contribution in [-0.2, 0) is 24.0 Å². The summed E-state index contributed by atoms with van der Waals surface area (Å²) in [4.78, 5) is 24.8. The maximum absolute atomic E-state index is 14.5. The van der Waals surface area contributed by atoms with Crippen LogP contribution in [0.2, 0.25) is 5.02 Å². The van der Waals surface area contributed by atoms with E-state index in [-0.39, 0.29) is 36.1 Å². The number of carbonyl (C=O) groups is 2. The second-order valence-electron chi connectivity index (χ2n) is 10.5. The fourth-order valence-electron chi connectivity index (χ4n) is 4.59. The molecule has 41 heavy (non-hydrogen) atoms. The zero-order valence-corrected chi connectivity index (χ0v) is 23.9. The smallest absolute Gasteiger partial charge is 0.416 e. The number of rotatable bonds is 11. The molecule has 0 aliphatic rings. The van der Waals surface area contributed by atoms with Crippen molar-refractivity contribution >= 4 is 23.5 Å². The lowest BCUT2D eigenvalue weighted by Gasteiger charge is -2.23. The van der Waals surface area contributed by atoms with Crippen molar-refractivity contribution in [2.24, 2.45) is 5.92 Å². The number of carboxylic acids is 1. The third-order valence-electron chi connectivity index (χ3n) is 6.42. The number of hydrogen-bond donors (Lipinski definition) is 2. The molecular formula is C31H32ClF4NO4. The summed E-state index contributed by atoms with van der Waals surface area (Å²) in [7, 11) is 0. The quantitative estimate of drug-likeness (QED) is 0.220. The van der Waals surface area contributed by atoms with Crippen LogP contribution >= 0.6 is 11.6 Å². The number of carbonyl (C=O) groups excluding carboxylic acids is 1. The van der Waals surface area contributed by atoms with Gasteiger partial charge in [-0.3, -0.25) is 9.59 Å². The van der Waals surface area contributed by atoms with Gasteiger partial charge in [0.1, 0.15) is 18.2 Å². The van der Waals surface area contributed by atoms with Gasteiger partial charge in [-0.15, -0.1) is 0 Å². The molecule has 1 unspecified atom stereocenters. The highest BCUT2D eigenvalue weighted by Crippen LogP contribution is 2.34. The van der Waals surface area contributed by atoms with Crippen LogP contribution in [-0.4, -0.2) is 17.0 Å². The Balaban J connectivity index is 1.93. The molecule has 0 saturated carbocycles. The molecule has 0 spiro atoms. The van der Waals surface area contributed by atoms with Gasteiger partial charge in [-0.1, -0.05) is 60.8 Å². The van der Waals surface area contributed by atoms with Crippen LogP contribution in [0.3, 0.4) is 0 Å². The van der Waals surface area contributed by atoms with E-state index in [0.29, 0.717) is 24.1 Å². The Morgan fingerprint density at radius 2 is 1.66 bits per heavy atom. The highest BCUT2D eigenvalue weighted by molar-refractivity contribution is 6.30. The van der Waals surface area contributed by atoms with Gasteiger partial charge in [-0.25, -0.2) is 4.39 Å². The van der Waals surface area contributed by atoms with E-state index in [2.05, 4.69) is 5.32 Å². The summed E-state index contributed by atoms with van der Waals surface area (Å²) in [5, 5.41) is 11.6. The molecule has 0 aliphatic heterocycles. The maximum atomic E-state index is 14.5. The number of carboxylic acid groups (broad SMARTS) is 1. The van der Waals surface area contributed by atoms with Crippen molar-refractivity contribution in [1.29, 1.82) is 0 Å². The number of amides is 1. The number of aryl methyl sites for hydroxylation is 3. The summed E-state index contributed by atoms with van der Waals surface area (Å²) in [5.74, 6) is -2.21. The fraction of sp³-hybridized carbons (Fsp3) is 0.355. The van der Waals surface area contributed by atoms with E-state index in [9.17, 15) is 32.3 Å². The lowest BCUT2D eigenvalue weighted by Crippen LogP contribution is -2.30. The first-order valence-corrected chi connectivity index (χ1v) is 13.4. The van der Waals surface area contributed by atoms with Gasteiger partial charge >= 0.3 is 12.1 Å². The van der Waals surface area contributed by atoms with Crippen LogP contribution in [0.25, 0.3) is 0 Å². The second-order valence-corrected chi connectivity index (χ2v) is 10.9. The third kappa shape index (κ3) is 8.95. The Hall–Kier alpha value is -3.59. The van der Waals surface area contributed by atoms with Gasteiger partial charge in [-0.05, 0) is 68.0 Å². The van der Waals surface area contributed by atoms with Crippen molar-refractivity contribution in [2.75, 3.05) is 0 Å². The SMILES string of the molecule is Cc1cc(C)cc(C(CC(C)C)NC(=O)c2cc(OCc3cc(C(F)(F)F)cc(Cl)c3F)ccc2CCC(=O)O)c1. The standard InChI is InChI=1S/C31H32ClF4NO4/c1-17(2)9-27(21-11-18(3)10-19(4)12-21)37-30(40)25-15-24(7-5-20(25)6-8-28(38)39)41-16-22-13-23(31(34,35)36)14-26(32)29(22)33/h5,7,10-15,17,27H,6,8-9,16H2,1-4H3,(H,37,40)(H,38,39). The van der Waals surface area contributed by atoms with Crippen molar-refractivity contribution in [3.63, 3.8) is 0 Å². The Labute approximate surface area is 241 Å². The van der Waals surface area contributed by atoms with Crippen LogP contribution in [0, 0.1) is 25.6 Å². The van der Waals surface area contributed by atoms with E-state index in [1.54, 1.807) is 0 Å². The molecule has 3 aromatic rings. The minimum absolute atomic E-state index is 0.0641. The van der Waals surface area contributed by atoms with Crippen LogP contribution < -0.4 is 10.1 Å². The monoisotopic (exact) mass is 593 g/mol. The molecule has 1 atom stereocenters. The van der Waals surface area contributed by atoms with Crippen LogP contribution in [0.4, 0.5) is 17.6 Å². The Morgan fingerprint density at radius 3 is 2.24 bits per heavy atom. The Bertz CT molecular complexity index is 1400. The predicted molar refractivity (Wildman–Crippen MR) is 149 cm³/mol. The van der Waals surface area contributed by atoms with E-state index in [0.717, 1.165) is 16.7 Å². The van der Waals surface area contributed by atoms with E-state index in [1.807, 2.05) is 45.9 Å². The largest absolute Gasteiger partial charge is 0.489 e. The van der Waals surface area contributed by atoms with Crippen molar-refractivity contribution in [3.8, 4) is 5.75 Å². The van der Waals surface area contributed by atoms with Crippen molar-refractivity contribution in [2.45, 2.75) is 65.8 Å². The lowest BCUT2D eigenvalue weighted by atomic mass is 9.93. The number of halogens is 5. The van der Waals surface area contributed by atoms with Crippen LogP contribution in [0.5, 0.6) is 5.75 Å². The van der Waals surface area contributed by atoms with Gasteiger partial charge < -0.3 is 15.2 Å². The van der Waals surface area contributed by atoms with Gasteiger partial charge in [0, 0.05) is 17.5 Å². The van der Waals surface area contributed by atoms with Crippen molar-refractivity contribution < 1.29 is 37.0 Å². The van der Waals surface area contributed by atoms with Gasteiger partial charge in [-0.2, -0.15) is 13.2 Å². The molecular weight excluding hydrogens is 562 g/mol. The molecule has 1 amide bonds. The Kier molecular flexibility index (Phi) is 10.4. The molecule has 0 fully saturated rings.